The van der Waals surface area contributed by atoms with Gasteiger partial charge in [-0.2, -0.15) is 4.98 Å². The number of carbonyl (C=O) groups is 2. The largest absolute Gasteiger partial charge is 0.354 e. The fourth-order valence-electron chi connectivity index (χ4n) is 3.23. The first-order chi connectivity index (χ1) is 12.7. The van der Waals surface area contributed by atoms with Crippen molar-refractivity contribution in [1.29, 1.82) is 0 Å². The molecule has 1 aliphatic heterocycles. The van der Waals surface area contributed by atoms with Crippen molar-refractivity contribution >= 4 is 11.8 Å². The fraction of sp³-hybridized carbons (Fsp3) is 0.500. The van der Waals surface area contributed by atoms with Gasteiger partial charge in [-0.3, -0.25) is 14.6 Å². The summed E-state index contributed by atoms with van der Waals surface area (Å²) in [7, 11) is 0. The number of hydrogen-bond acceptors (Lipinski definition) is 6. The summed E-state index contributed by atoms with van der Waals surface area (Å²) in [6.45, 7) is 1.08. The molecule has 8 heteroatoms. The maximum Gasteiger partial charge on any atom is 0.242 e. The van der Waals surface area contributed by atoms with Crippen LogP contribution >= 0.6 is 0 Å². The van der Waals surface area contributed by atoms with E-state index in [4.69, 9.17) is 4.52 Å². The predicted octanol–water partition coefficient (Wildman–Crippen LogP) is 1.19. The third kappa shape index (κ3) is 3.58. The summed E-state index contributed by atoms with van der Waals surface area (Å²) >= 11 is 0. The normalized spacial score (nSPS) is 19.5. The highest BCUT2D eigenvalue weighted by molar-refractivity contribution is 5.89. The van der Waals surface area contributed by atoms with Crippen molar-refractivity contribution in [2.24, 2.45) is 5.92 Å². The van der Waals surface area contributed by atoms with Crippen LogP contribution in [0.25, 0.3) is 11.5 Å². The van der Waals surface area contributed by atoms with E-state index in [0.717, 1.165) is 25.7 Å². The number of likely N-dealkylation sites (tertiary alicyclic amines) is 1. The van der Waals surface area contributed by atoms with Crippen LogP contribution in [0.1, 0.15) is 31.6 Å². The minimum atomic E-state index is -0.338. The lowest BCUT2D eigenvalue weighted by atomic mass is 10.2. The number of carbonyl (C=O) groups excluding carboxylic acids is 2. The third-order valence-corrected chi connectivity index (χ3v) is 4.77. The van der Waals surface area contributed by atoms with Gasteiger partial charge < -0.3 is 14.7 Å². The molecule has 1 atom stereocenters. The van der Waals surface area contributed by atoms with E-state index in [2.05, 4.69) is 20.4 Å². The van der Waals surface area contributed by atoms with Gasteiger partial charge >= 0.3 is 0 Å². The van der Waals surface area contributed by atoms with Crippen LogP contribution in [-0.4, -0.2) is 51.0 Å². The van der Waals surface area contributed by atoms with Crippen LogP contribution in [0.3, 0.4) is 0 Å². The van der Waals surface area contributed by atoms with Gasteiger partial charge in [0.05, 0.1) is 0 Å². The number of hydrogen-bond donors (Lipinski definition) is 1. The lowest BCUT2D eigenvalue weighted by Crippen LogP contribution is -2.46. The maximum atomic E-state index is 12.4. The van der Waals surface area contributed by atoms with Gasteiger partial charge in [0, 0.05) is 31.6 Å². The Bertz CT molecular complexity index is 787. The molecule has 26 heavy (non-hydrogen) atoms. The van der Waals surface area contributed by atoms with Crippen molar-refractivity contribution in [3.63, 3.8) is 0 Å². The van der Waals surface area contributed by atoms with E-state index < -0.39 is 0 Å². The molecule has 2 aromatic heterocycles. The van der Waals surface area contributed by atoms with Crippen LogP contribution < -0.4 is 5.32 Å². The van der Waals surface area contributed by atoms with Gasteiger partial charge in [-0.1, -0.05) is 11.2 Å². The number of aromatic nitrogens is 3. The molecule has 0 aromatic carbocycles. The van der Waals surface area contributed by atoms with Crippen LogP contribution in [0.5, 0.6) is 0 Å². The average molecular weight is 355 g/mol. The molecule has 1 N–H and O–H groups in total. The van der Waals surface area contributed by atoms with Crippen LogP contribution in [0.4, 0.5) is 0 Å². The smallest absolute Gasteiger partial charge is 0.242 e. The topological polar surface area (TPSA) is 101 Å². The second kappa shape index (κ2) is 7.23. The highest BCUT2D eigenvalue weighted by atomic mass is 16.5. The molecule has 0 spiro atoms. The van der Waals surface area contributed by atoms with Gasteiger partial charge in [-0.15, -0.1) is 0 Å². The highest BCUT2D eigenvalue weighted by Crippen LogP contribution is 2.33. The van der Waals surface area contributed by atoms with E-state index in [1.165, 1.54) is 0 Å². The zero-order valence-electron chi connectivity index (χ0n) is 14.4. The van der Waals surface area contributed by atoms with Crippen LogP contribution in [0, 0.1) is 5.92 Å². The van der Waals surface area contributed by atoms with Crippen molar-refractivity contribution in [2.45, 2.75) is 38.1 Å². The van der Waals surface area contributed by atoms with Gasteiger partial charge in [0.1, 0.15) is 11.7 Å². The molecule has 1 aliphatic carbocycles. The summed E-state index contributed by atoms with van der Waals surface area (Å²) in [5.74, 6) is 1.07. The number of nitrogens with one attached hydrogen (secondary N) is 1. The zero-order chi connectivity index (χ0) is 17.9. The number of amides is 2. The van der Waals surface area contributed by atoms with Gasteiger partial charge in [-0.25, -0.2) is 0 Å². The first-order valence-electron chi connectivity index (χ1n) is 9.04. The molecule has 136 valence electrons. The summed E-state index contributed by atoms with van der Waals surface area (Å²) < 4.78 is 5.21. The summed E-state index contributed by atoms with van der Waals surface area (Å²) in [6.07, 6.45) is 5.64. The molecule has 1 saturated heterocycles. The molecule has 2 amide bonds. The standard InChI is InChI=1S/C18H21N5O3/c24-17(14-5-3-11-23(14)18(25)12-6-7-12)20-10-8-15-21-16(22-26-15)13-4-1-2-9-19-13/h1-2,4,9,12,14H,3,5-8,10-11H2,(H,20,24)/t14-/m0/s1. The molecular formula is C18H21N5O3. The van der Waals surface area contributed by atoms with Crippen LogP contribution in [-0.2, 0) is 16.0 Å². The Hall–Kier alpha value is -2.77. The molecule has 4 rings (SSSR count). The molecule has 0 bridgehead atoms. The summed E-state index contributed by atoms with van der Waals surface area (Å²) in [6, 6.07) is 5.15. The minimum absolute atomic E-state index is 0.0963. The van der Waals surface area contributed by atoms with Crippen LogP contribution in [0.15, 0.2) is 28.9 Å². The van der Waals surface area contributed by atoms with Crippen molar-refractivity contribution in [3.8, 4) is 11.5 Å². The molecule has 2 fully saturated rings. The molecule has 0 radical (unpaired) electrons. The quantitative estimate of drug-likeness (QED) is 0.835. The molecule has 0 unspecified atom stereocenters. The Morgan fingerprint density at radius 2 is 2.15 bits per heavy atom. The van der Waals surface area contributed by atoms with E-state index in [1.54, 1.807) is 11.1 Å². The highest BCUT2D eigenvalue weighted by Gasteiger charge is 2.40. The second-order valence-corrected chi connectivity index (χ2v) is 6.73. The van der Waals surface area contributed by atoms with Gasteiger partial charge in [0.25, 0.3) is 0 Å². The molecule has 8 nitrogen and oxygen atoms in total. The van der Waals surface area contributed by atoms with E-state index in [9.17, 15) is 9.59 Å². The monoisotopic (exact) mass is 355 g/mol. The Labute approximate surface area is 151 Å². The molecule has 2 aliphatic rings. The lowest BCUT2D eigenvalue weighted by Gasteiger charge is -2.23. The van der Waals surface area contributed by atoms with E-state index in [-0.39, 0.29) is 23.8 Å². The number of pyridine rings is 1. The third-order valence-electron chi connectivity index (χ3n) is 4.77. The fourth-order valence-corrected chi connectivity index (χ4v) is 3.23. The number of rotatable bonds is 6. The SMILES string of the molecule is O=C(NCCc1nc(-c2ccccn2)no1)[C@@H]1CCCN1C(=O)C1CC1. The van der Waals surface area contributed by atoms with Crippen molar-refractivity contribution in [2.75, 3.05) is 13.1 Å². The second-order valence-electron chi connectivity index (χ2n) is 6.73. The Kier molecular flexibility index (Phi) is 4.64. The minimum Gasteiger partial charge on any atom is -0.354 e. The Morgan fingerprint density at radius 1 is 1.27 bits per heavy atom. The summed E-state index contributed by atoms with van der Waals surface area (Å²) in [5, 5.41) is 6.80. The lowest BCUT2D eigenvalue weighted by molar-refractivity contribution is -0.139. The van der Waals surface area contributed by atoms with Crippen LogP contribution in [0.2, 0.25) is 0 Å². The Morgan fingerprint density at radius 3 is 2.92 bits per heavy atom. The van der Waals surface area contributed by atoms with E-state index in [1.807, 2.05) is 18.2 Å². The van der Waals surface area contributed by atoms with Crippen molar-refractivity contribution < 1.29 is 14.1 Å². The summed E-state index contributed by atoms with van der Waals surface area (Å²) in [4.78, 5) is 34.9. The molecule has 2 aromatic rings. The maximum absolute atomic E-state index is 12.4. The van der Waals surface area contributed by atoms with Gasteiger partial charge in [0.15, 0.2) is 0 Å². The van der Waals surface area contributed by atoms with Gasteiger partial charge in [-0.05, 0) is 37.8 Å². The molecule has 1 saturated carbocycles. The first kappa shape index (κ1) is 16.7. The van der Waals surface area contributed by atoms with E-state index >= 15 is 0 Å². The van der Waals surface area contributed by atoms with Crippen molar-refractivity contribution in [3.05, 3.63) is 30.3 Å². The van der Waals surface area contributed by atoms with Gasteiger partial charge in [0.2, 0.25) is 23.5 Å². The summed E-state index contributed by atoms with van der Waals surface area (Å²) in [5.41, 5.74) is 0.645. The average Bonchev–Trinajstić information content (AvgIpc) is 3.21. The molecular weight excluding hydrogens is 334 g/mol. The molecule has 3 heterocycles. The van der Waals surface area contributed by atoms with Crippen molar-refractivity contribution in [1.82, 2.24) is 25.3 Å². The number of nitrogens with zero attached hydrogens (tertiary/aromatic N) is 4. The Balaban J connectivity index is 1.28. The first-order valence-corrected chi connectivity index (χ1v) is 9.04. The van der Waals surface area contributed by atoms with E-state index in [0.29, 0.717) is 36.9 Å². The predicted molar refractivity (Wildman–Crippen MR) is 91.7 cm³/mol. The zero-order valence-corrected chi connectivity index (χ0v) is 14.4.